The molecule has 1 aromatic heterocycles. The van der Waals surface area contributed by atoms with Crippen LogP contribution < -0.4 is 16.4 Å². The van der Waals surface area contributed by atoms with Gasteiger partial charge in [0.25, 0.3) is 0 Å². The van der Waals surface area contributed by atoms with E-state index in [-0.39, 0.29) is 0 Å². The normalized spacial score (nSPS) is 10.5. The molecule has 6 heteroatoms. The molecular weight excluding hydrogens is 322 g/mol. The third kappa shape index (κ3) is 3.58. The summed E-state index contributed by atoms with van der Waals surface area (Å²) in [5.41, 5.74) is 10.8. The van der Waals surface area contributed by atoms with Crippen molar-refractivity contribution in [2.24, 2.45) is 0 Å². The highest BCUT2D eigenvalue weighted by atomic mass is 35.5. The van der Waals surface area contributed by atoms with Crippen molar-refractivity contribution in [3.63, 3.8) is 0 Å². The number of anilines is 5. The number of aryl methyl sites for hydroxylation is 2. The summed E-state index contributed by atoms with van der Waals surface area (Å²) in [4.78, 5) is 8.44. The molecule has 0 aliphatic heterocycles. The second-order valence-electron chi connectivity index (χ2n) is 5.54. The topological polar surface area (TPSA) is 75.9 Å². The first-order valence-corrected chi connectivity index (χ1v) is 7.88. The van der Waals surface area contributed by atoms with Crippen LogP contribution in [-0.4, -0.2) is 9.97 Å². The standard InChI is InChI=1S/C18H18ClN5/c1-11-6-7-15(8-12(11)2)24-18-16(20)17(21-10-22-18)23-14-5-3-4-13(19)9-14/h3-10H,20H2,1-2H3,(H2,21,22,23,24). The Bertz CT molecular complexity index is 879. The molecule has 3 aromatic rings. The van der Waals surface area contributed by atoms with Gasteiger partial charge in [0.2, 0.25) is 0 Å². The van der Waals surface area contributed by atoms with E-state index in [1.165, 1.54) is 17.5 Å². The lowest BCUT2D eigenvalue weighted by Crippen LogP contribution is -2.05. The van der Waals surface area contributed by atoms with Crippen LogP contribution in [0.5, 0.6) is 0 Å². The van der Waals surface area contributed by atoms with E-state index < -0.39 is 0 Å². The number of halogens is 1. The van der Waals surface area contributed by atoms with Gasteiger partial charge in [-0.25, -0.2) is 9.97 Å². The first-order chi connectivity index (χ1) is 11.5. The molecule has 0 bridgehead atoms. The predicted octanol–water partition coefficient (Wildman–Crippen LogP) is 4.82. The first-order valence-electron chi connectivity index (χ1n) is 7.50. The number of rotatable bonds is 4. The highest BCUT2D eigenvalue weighted by Crippen LogP contribution is 2.29. The molecule has 0 saturated carbocycles. The summed E-state index contributed by atoms with van der Waals surface area (Å²) in [6.07, 6.45) is 1.46. The molecule has 2 aromatic carbocycles. The zero-order valence-electron chi connectivity index (χ0n) is 13.5. The van der Waals surface area contributed by atoms with E-state index in [4.69, 9.17) is 17.3 Å². The Morgan fingerprint density at radius 2 is 1.54 bits per heavy atom. The van der Waals surface area contributed by atoms with Crippen molar-refractivity contribution < 1.29 is 0 Å². The average Bonchev–Trinajstić information content (AvgIpc) is 2.55. The molecule has 1 heterocycles. The van der Waals surface area contributed by atoms with Crippen LogP contribution in [-0.2, 0) is 0 Å². The predicted molar refractivity (Wildman–Crippen MR) is 100 cm³/mol. The number of hydrogen-bond acceptors (Lipinski definition) is 5. The summed E-state index contributed by atoms with van der Waals surface area (Å²) < 4.78 is 0. The average molecular weight is 340 g/mol. The van der Waals surface area contributed by atoms with Crippen LogP contribution >= 0.6 is 11.6 Å². The van der Waals surface area contributed by atoms with Crippen molar-refractivity contribution in [2.75, 3.05) is 16.4 Å². The minimum Gasteiger partial charge on any atom is -0.393 e. The van der Waals surface area contributed by atoms with Gasteiger partial charge in [-0.1, -0.05) is 23.7 Å². The van der Waals surface area contributed by atoms with Crippen LogP contribution in [0.2, 0.25) is 5.02 Å². The number of aromatic nitrogens is 2. The van der Waals surface area contributed by atoms with E-state index in [1.807, 2.05) is 24.3 Å². The molecule has 0 unspecified atom stereocenters. The van der Waals surface area contributed by atoms with Crippen LogP contribution in [0.4, 0.5) is 28.7 Å². The Balaban J connectivity index is 1.86. The summed E-state index contributed by atoms with van der Waals surface area (Å²) in [6, 6.07) is 13.5. The summed E-state index contributed by atoms with van der Waals surface area (Å²) in [5, 5.41) is 7.03. The van der Waals surface area contributed by atoms with Crippen LogP contribution in [0.3, 0.4) is 0 Å². The molecule has 0 aliphatic carbocycles. The molecule has 0 spiro atoms. The lowest BCUT2D eigenvalue weighted by Gasteiger charge is -2.13. The Morgan fingerprint density at radius 1 is 0.875 bits per heavy atom. The molecule has 4 N–H and O–H groups in total. The minimum absolute atomic E-state index is 0.440. The lowest BCUT2D eigenvalue weighted by molar-refractivity contribution is 1.17. The van der Waals surface area contributed by atoms with Gasteiger partial charge in [-0.3, -0.25) is 0 Å². The quantitative estimate of drug-likeness (QED) is 0.635. The summed E-state index contributed by atoms with van der Waals surface area (Å²) >= 11 is 6.00. The Morgan fingerprint density at radius 3 is 2.17 bits per heavy atom. The number of benzene rings is 2. The fraction of sp³-hybridized carbons (Fsp3) is 0.111. The van der Waals surface area contributed by atoms with E-state index >= 15 is 0 Å². The van der Waals surface area contributed by atoms with Gasteiger partial charge in [0, 0.05) is 16.4 Å². The second-order valence-corrected chi connectivity index (χ2v) is 5.98. The van der Waals surface area contributed by atoms with E-state index in [1.54, 1.807) is 6.07 Å². The Kier molecular flexibility index (Phi) is 4.53. The third-order valence-corrected chi connectivity index (χ3v) is 3.98. The first kappa shape index (κ1) is 16.1. The molecule has 0 atom stereocenters. The van der Waals surface area contributed by atoms with E-state index in [0.717, 1.165) is 11.4 Å². The van der Waals surface area contributed by atoms with Crippen LogP contribution in [0, 0.1) is 13.8 Å². The molecule has 24 heavy (non-hydrogen) atoms. The molecule has 0 saturated heterocycles. The maximum atomic E-state index is 6.20. The zero-order chi connectivity index (χ0) is 17.1. The van der Waals surface area contributed by atoms with Crippen molar-refractivity contribution in [1.82, 2.24) is 9.97 Å². The molecular formula is C18H18ClN5. The number of hydrogen-bond donors (Lipinski definition) is 3. The maximum absolute atomic E-state index is 6.20. The number of nitrogens with one attached hydrogen (secondary N) is 2. The van der Waals surface area contributed by atoms with Crippen molar-refractivity contribution in [1.29, 1.82) is 0 Å². The molecule has 5 nitrogen and oxygen atoms in total. The minimum atomic E-state index is 0.440. The van der Waals surface area contributed by atoms with E-state index in [9.17, 15) is 0 Å². The molecule has 3 rings (SSSR count). The Labute approximate surface area is 145 Å². The molecule has 0 radical (unpaired) electrons. The van der Waals surface area contributed by atoms with Gasteiger partial charge in [0.1, 0.15) is 12.0 Å². The van der Waals surface area contributed by atoms with Crippen LogP contribution in [0.1, 0.15) is 11.1 Å². The molecule has 0 fully saturated rings. The molecule has 0 aliphatic rings. The van der Waals surface area contributed by atoms with Gasteiger partial charge < -0.3 is 16.4 Å². The third-order valence-electron chi connectivity index (χ3n) is 3.74. The zero-order valence-corrected chi connectivity index (χ0v) is 14.2. The molecule has 0 amide bonds. The van der Waals surface area contributed by atoms with Gasteiger partial charge in [0.05, 0.1) is 0 Å². The number of nitrogens with zero attached hydrogens (tertiary/aromatic N) is 2. The van der Waals surface area contributed by atoms with Gasteiger partial charge in [-0.2, -0.15) is 0 Å². The molecule has 122 valence electrons. The highest BCUT2D eigenvalue weighted by molar-refractivity contribution is 6.30. The van der Waals surface area contributed by atoms with Gasteiger partial charge in [-0.15, -0.1) is 0 Å². The van der Waals surface area contributed by atoms with Crippen molar-refractivity contribution in [3.05, 3.63) is 64.9 Å². The van der Waals surface area contributed by atoms with E-state index in [2.05, 4.69) is 46.6 Å². The van der Waals surface area contributed by atoms with Crippen LogP contribution in [0.25, 0.3) is 0 Å². The van der Waals surface area contributed by atoms with Gasteiger partial charge in [0.15, 0.2) is 11.6 Å². The Hall–Kier alpha value is -2.79. The van der Waals surface area contributed by atoms with Crippen molar-refractivity contribution >= 4 is 40.3 Å². The number of nitrogens with two attached hydrogens (primary N) is 1. The smallest absolute Gasteiger partial charge is 0.159 e. The summed E-state index contributed by atoms with van der Waals surface area (Å²) in [5.74, 6) is 1.08. The summed E-state index contributed by atoms with van der Waals surface area (Å²) in [7, 11) is 0. The number of nitrogen functional groups attached to an aromatic ring is 1. The monoisotopic (exact) mass is 339 g/mol. The maximum Gasteiger partial charge on any atom is 0.159 e. The fourth-order valence-electron chi connectivity index (χ4n) is 2.25. The van der Waals surface area contributed by atoms with Crippen molar-refractivity contribution in [3.8, 4) is 0 Å². The SMILES string of the molecule is Cc1ccc(Nc2ncnc(Nc3cccc(Cl)c3)c2N)cc1C. The largest absolute Gasteiger partial charge is 0.393 e. The van der Waals surface area contributed by atoms with Gasteiger partial charge >= 0.3 is 0 Å². The lowest BCUT2D eigenvalue weighted by atomic mass is 10.1. The fourth-order valence-corrected chi connectivity index (χ4v) is 2.44. The van der Waals surface area contributed by atoms with Crippen LogP contribution in [0.15, 0.2) is 48.8 Å². The highest BCUT2D eigenvalue weighted by Gasteiger charge is 2.09. The van der Waals surface area contributed by atoms with E-state index in [0.29, 0.717) is 22.3 Å². The van der Waals surface area contributed by atoms with Gasteiger partial charge in [-0.05, 0) is 55.3 Å². The second kappa shape index (κ2) is 6.76. The summed E-state index contributed by atoms with van der Waals surface area (Å²) in [6.45, 7) is 4.14. The van der Waals surface area contributed by atoms with Crippen molar-refractivity contribution in [2.45, 2.75) is 13.8 Å².